The van der Waals surface area contributed by atoms with Crippen LogP contribution in [0.3, 0.4) is 0 Å². The minimum absolute atomic E-state index is 0.0377. The van der Waals surface area contributed by atoms with Gasteiger partial charge in [0.15, 0.2) is 11.4 Å². The van der Waals surface area contributed by atoms with Gasteiger partial charge in [-0.05, 0) is 37.9 Å². The van der Waals surface area contributed by atoms with E-state index in [0.717, 1.165) is 11.1 Å². The van der Waals surface area contributed by atoms with Gasteiger partial charge in [-0.15, -0.1) is 0 Å². The van der Waals surface area contributed by atoms with Crippen LogP contribution in [0.1, 0.15) is 24.6 Å². The minimum atomic E-state index is -0.320. The maximum absolute atomic E-state index is 13.7. The van der Waals surface area contributed by atoms with Crippen molar-refractivity contribution in [2.24, 2.45) is 5.92 Å². The van der Waals surface area contributed by atoms with Crippen LogP contribution in [0.4, 0.5) is 4.39 Å². The highest BCUT2D eigenvalue weighted by Gasteiger charge is 2.38. The Labute approximate surface area is 111 Å². The second-order valence-electron chi connectivity index (χ2n) is 5.11. The van der Waals surface area contributed by atoms with Crippen molar-refractivity contribution in [1.29, 1.82) is 0 Å². The highest BCUT2D eigenvalue weighted by atomic mass is 19.1. The second-order valence-corrected chi connectivity index (χ2v) is 5.11. The Hall–Kier alpha value is -1.39. The highest BCUT2D eigenvalue weighted by molar-refractivity contribution is 5.78. The third-order valence-corrected chi connectivity index (χ3v) is 3.82. The number of para-hydroxylation sites is 1. The molecule has 0 saturated heterocycles. The van der Waals surface area contributed by atoms with Gasteiger partial charge in [0, 0.05) is 12.5 Å². The zero-order chi connectivity index (χ0) is 13.4. The average Bonchev–Trinajstić information content (AvgIpc) is 3.15. The maximum Gasteiger partial charge on any atom is 0.169 e. The summed E-state index contributed by atoms with van der Waals surface area (Å²) in [5.41, 5.74) is 0.323. The average molecular weight is 263 g/mol. The summed E-state index contributed by atoms with van der Waals surface area (Å²) in [4.78, 5) is 0. The summed E-state index contributed by atoms with van der Waals surface area (Å²) < 4.78 is 25.0. The fraction of sp³-hybridized carbons (Fsp3) is 0.467. The Morgan fingerprint density at radius 3 is 2.79 bits per heavy atom. The van der Waals surface area contributed by atoms with E-state index in [-0.39, 0.29) is 18.0 Å². The zero-order valence-electron chi connectivity index (χ0n) is 11.2. The fourth-order valence-electron chi connectivity index (χ4n) is 2.69. The van der Waals surface area contributed by atoms with E-state index < -0.39 is 0 Å². The molecule has 3 nitrogen and oxygen atoms in total. The predicted octanol–water partition coefficient (Wildman–Crippen LogP) is 3.26. The van der Waals surface area contributed by atoms with Crippen LogP contribution in [0.2, 0.25) is 0 Å². The smallest absolute Gasteiger partial charge is 0.169 e. The molecule has 0 aliphatic heterocycles. The molecule has 1 aromatic heterocycles. The van der Waals surface area contributed by atoms with E-state index in [2.05, 4.69) is 5.32 Å². The Kier molecular flexibility index (Phi) is 3.29. The molecule has 1 aromatic carbocycles. The van der Waals surface area contributed by atoms with Gasteiger partial charge in [-0.1, -0.05) is 12.1 Å². The third-order valence-electron chi connectivity index (χ3n) is 3.82. The van der Waals surface area contributed by atoms with Crippen LogP contribution in [-0.4, -0.2) is 20.3 Å². The lowest BCUT2D eigenvalue weighted by Crippen LogP contribution is -2.32. The number of nitrogens with one attached hydrogen (secondary N) is 1. The van der Waals surface area contributed by atoms with E-state index in [9.17, 15) is 4.39 Å². The Morgan fingerprint density at radius 2 is 2.21 bits per heavy atom. The molecule has 2 aromatic rings. The van der Waals surface area contributed by atoms with Crippen LogP contribution in [0.5, 0.6) is 0 Å². The molecule has 1 aliphatic carbocycles. The summed E-state index contributed by atoms with van der Waals surface area (Å²) >= 11 is 0. The molecule has 0 spiro atoms. The zero-order valence-corrected chi connectivity index (χ0v) is 11.2. The van der Waals surface area contributed by atoms with Crippen molar-refractivity contribution in [3.63, 3.8) is 0 Å². The molecule has 3 rings (SSSR count). The molecule has 0 radical (unpaired) electrons. The quantitative estimate of drug-likeness (QED) is 0.899. The third kappa shape index (κ3) is 2.26. The van der Waals surface area contributed by atoms with Gasteiger partial charge in [0.05, 0.1) is 12.1 Å². The number of benzene rings is 1. The number of hydrogen-bond acceptors (Lipinski definition) is 3. The lowest BCUT2D eigenvalue weighted by atomic mass is 10.0. The van der Waals surface area contributed by atoms with Gasteiger partial charge in [0.2, 0.25) is 0 Å². The number of hydrogen-bond donors (Lipinski definition) is 1. The van der Waals surface area contributed by atoms with Gasteiger partial charge in [-0.25, -0.2) is 4.39 Å². The van der Waals surface area contributed by atoms with Gasteiger partial charge < -0.3 is 14.5 Å². The van der Waals surface area contributed by atoms with Crippen molar-refractivity contribution in [2.75, 3.05) is 14.2 Å². The summed E-state index contributed by atoms with van der Waals surface area (Å²) in [7, 11) is 3.60. The number of halogens is 1. The molecular formula is C15H18FNO2. The van der Waals surface area contributed by atoms with E-state index in [0.29, 0.717) is 11.5 Å². The van der Waals surface area contributed by atoms with Crippen LogP contribution < -0.4 is 5.32 Å². The van der Waals surface area contributed by atoms with E-state index in [1.807, 2.05) is 19.2 Å². The molecule has 0 bridgehead atoms. The van der Waals surface area contributed by atoms with Crippen LogP contribution in [0.15, 0.2) is 28.7 Å². The predicted molar refractivity (Wildman–Crippen MR) is 71.5 cm³/mol. The first-order valence-electron chi connectivity index (χ1n) is 6.62. The number of furan rings is 1. The van der Waals surface area contributed by atoms with Crippen molar-refractivity contribution in [3.8, 4) is 0 Å². The topological polar surface area (TPSA) is 34.4 Å². The van der Waals surface area contributed by atoms with Crippen molar-refractivity contribution in [1.82, 2.24) is 5.32 Å². The molecule has 1 heterocycles. The Bertz CT molecular complexity index is 577. The molecule has 2 unspecified atom stereocenters. The summed E-state index contributed by atoms with van der Waals surface area (Å²) in [6.45, 7) is 0. The van der Waals surface area contributed by atoms with Crippen molar-refractivity contribution in [3.05, 3.63) is 35.8 Å². The molecule has 1 aliphatic rings. The van der Waals surface area contributed by atoms with Crippen LogP contribution in [-0.2, 0) is 4.74 Å². The number of methoxy groups -OCH3 is 1. The molecular weight excluding hydrogens is 245 g/mol. The number of fused-ring (bicyclic) bond motifs is 1. The maximum atomic E-state index is 13.7. The van der Waals surface area contributed by atoms with E-state index in [1.54, 1.807) is 13.2 Å². The van der Waals surface area contributed by atoms with Gasteiger partial charge >= 0.3 is 0 Å². The molecule has 1 saturated carbocycles. The Morgan fingerprint density at radius 1 is 1.42 bits per heavy atom. The lowest BCUT2D eigenvalue weighted by Gasteiger charge is -2.23. The van der Waals surface area contributed by atoms with Crippen LogP contribution >= 0.6 is 0 Å². The highest BCUT2D eigenvalue weighted by Crippen LogP contribution is 2.40. The second kappa shape index (κ2) is 4.94. The van der Waals surface area contributed by atoms with E-state index >= 15 is 0 Å². The van der Waals surface area contributed by atoms with E-state index in [1.165, 1.54) is 18.9 Å². The van der Waals surface area contributed by atoms with Crippen molar-refractivity contribution >= 4 is 11.0 Å². The minimum Gasteiger partial charge on any atom is -0.456 e. The van der Waals surface area contributed by atoms with Crippen LogP contribution in [0.25, 0.3) is 11.0 Å². The number of rotatable bonds is 5. The van der Waals surface area contributed by atoms with Crippen molar-refractivity contribution < 1.29 is 13.5 Å². The molecule has 4 heteroatoms. The standard InChI is InChI=1S/C15H18FNO2/c1-17-13(15(18-2)9-6-7-9)12-8-10-4-3-5-11(16)14(10)19-12/h3-5,8-9,13,15,17H,6-7H2,1-2H3. The first-order valence-corrected chi connectivity index (χ1v) is 6.62. The lowest BCUT2D eigenvalue weighted by molar-refractivity contribution is 0.0469. The summed E-state index contributed by atoms with van der Waals surface area (Å²) in [5.74, 6) is 0.987. The largest absolute Gasteiger partial charge is 0.456 e. The summed E-state index contributed by atoms with van der Waals surface area (Å²) in [5, 5.41) is 4.02. The van der Waals surface area contributed by atoms with Gasteiger partial charge in [0.1, 0.15) is 5.76 Å². The first kappa shape index (κ1) is 12.6. The molecule has 1 N–H and O–H groups in total. The normalized spacial score (nSPS) is 18.7. The molecule has 2 atom stereocenters. The van der Waals surface area contributed by atoms with Gasteiger partial charge in [0.25, 0.3) is 0 Å². The number of likely N-dealkylation sites (N-methyl/N-ethyl adjacent to an activating group) is 1. The molecule has 19 heavy (non-hydrogen) atoms. The molecule has 0 amide bonds. The Balaban J connectivity index is 1.98. The molecule has 1 fully saturated rings. The number of ether oxygens (including phenoxy) is 1. The first-order chi connectivity index (χ1) is 9.24. The summed E-state index contributed by atoms with van der Waals surface area (Å²) in [6.07, 6.45) is 2.45. The van der Waals surface area contributed by atoms with E-state index in [4.69, 9.17) is 9.15 Å². The SMILES string of the molecule is CNC(c1cc2cccc(F)c2o1)C(OC)C1CC1. The van der Waals surface area contributed by atoms with Gasteiger partial charge in [-0.3, -0.25) is 0 Å². The molecule has 102 valence electrons. The van der Waals surface area contributed by atoms with Crippen molar-refractivity contribution in [2.45, 2.75) is 25.0 Å². The monoisotopic (exact) mass is 263 g/mol. The van der Waals surface area contributed by atoms with Crippen LogP contribution in [0, 0.1) is 11.7 Å². The summed E-state index contributed by atoms with van der Waals surface area (Å²) in [6, 6.07) is 6.83. The fourth-order valence-corrected chi connectivity index (χ4v) is 2.69. The van der Waals surface area contributed by atoms with Gasteiger partial charge in [-0.2, -0.15) is 0 Å².